The third-order valence-corrected chi connectivity index (χ3v) is 8.94. The molecule has 2 aromatic rings. The lowest BCUT2D eigenvalue weighted by atomic mass is 9.92. The fourth-order valence-electron chi connectivity index (χ4n) is 5.41. The third-order valence-electron chi connectivity index (χ3n) is 7.93. The van der Waals surface area contributed by atoms with Crippen molar-refractivity contribution < 1.29 is 9.52 Å². The predicted octanol–water partition coefficient (Wildman–Crippen LogP) is 11.7. The number of rotatable bonds is 21. The van der Waals surface area contributed by atoms with E-state index in [0.29, 0.717) is 17.1 Å². The summed E-state index contributed by atoms with van der Waals surface area (Å²) in [4.78, 5) is 12.0. The lowest BCUT2D eigenvalue weighted by Crippen LogP contribution is -2.03. The minimum Gasteiger partial charge on any atom is -0.507 e. The van der Waals surface area contributed by atoms with E-state index in [2.05, 4.69) is 49.7 Å². The molecule has 0 aliphatic rings. The topological polar surface area (TPSA) is 50.4 Å². The molecule has 1 N–H and O–H groups in total. The van der Waals surface area contributed by atoms with Gasteiger partial charge in [-0.3, -0.25) is 0 Å². The molecule has 0 bridgehead atoms. The summed E-state index contributed by atoms with van der Waals surface area (Å²) in [5, 5.41) is 12.2. The molecular weight excluding hydrogens is 548 g/mol. The van der Waals surface area contributed by atoms with Gasteiger partial charge in [0.1, 0.15) is 11.3 Å². The van der Waals surface area contributed by atoms with Gasteiger partial charge < -0.3 is 9.52 Å². The molecule has 220 valence electrons. The number of hydrogen-bond donors (Lipinski definition) is 1. The zero-order valence-electron chi connectivity index (χ0n) is 25.3. The maximum absolute atomic E-state index is 12.0. The normalized spacial score (nSPS) is 13.0. The highest BCUT2D eigenvalue weighted by molar-refractivity contribution is 9.11. The van der Waals surface area contributed by atoms with Gasteiger partial charge in [-0.2, -0.15) is 0 Å². The Morgan fingerprint density at radius 3 is 1.87 bits per heavy atom. The molecule has 39 heavy (non-hydrogen) atoms. The average molecular weight is 604 g/mol. The number of allylic oxidation sites excluding steroid dienone is 2. The first kappa shape index (κ1) is 33.7. The van der Waals surface area contributed by atoms with Gasteiger partial charge in [0.25, 0.3) is 0 Å². The highest BCUT2D eigenvalue weighted by atomic mass is 79.9. The first-order valence-electron chi connectivity index (χ1n) is 16.0. The molecule has 4 heteroatoms. The molecule has 1 unspecified atom stereocenters. The van der Waals surface area contributed by atoms with Gasteiger partial charge >= 0.3 is 5.63 Å². The second-order valence-electron chi connectivity index (χ2n) is 12.0. The summed E-state index contributed by atoms with van der Waals surface area (Å²) in [7, 11) is 0. The summed E-state index contributed by atoms with van der Waals surface area (Å²) in [5.41, 5.74) is 1.78. The van der Waals surface area contributed by atoms with E-state index in [1.165, 1.54) is 102 Å². The van der Waals surface area contributed by atoms with Crippen molar-refractivity contribution in [2.75, 3.05) is 0 Å². The molecule has 2 rings (SSSR count). The average Bonchev–Trinajstić information content (AvgIpc) is 2.91. The summed E-state index contributed by atoms with van der Waals surface area (Å²) in [6.45, 7) is 8.71. The third kappa shape index (κ3) is 12.7. The van der Waals surface area contributed by atoms with E-state index in [9.17, 15) is 9.90 Å². The first-order valence-corrected chi connectivity index (χ1v) is 16.8. The number of fused-ring (bicyclic) bond motifs is 1. The number of phenols is 1. The van der Waals surface area contributed by atoms with E-state index in [1.807, 2.05) is 12.1 Å². The Morgan fingerprint density at radius 1 is 0.846 bits per heavy atom. The monoisotopic (exact) mass is 602 g/mol. The van der Waals surface area contributed by atoms with Gasteiger partial charge in [0.15, 0.2) is 0 Å². The number of unbranched alkanes of at least 4 members (excludes halogenated alkanes) is 15. The lowest BCUT2D eigenvalue weighted by molar-refractivity contribution is 0.454. The van der Waals surface area contributed by atoms with Crippen molar-refractivity contribution in [2.45, 2.75) is 149 Å². The van der Waals surface area contributed by atoms with E-state index < -0.39 is 0 Å². The van der Waals surface area contributed by atoms with Crippen LogP contribution in [-0.4, -0.2) is 5.11 Å². The van der Waals surface area contributed by atoms with Gasteiger partial charge in [0.2, 0.25) is 0 Å². The van der Waals surface area contributed by atoms with E-state index in [0.717, 1.165) is 34.7 Å². The van der Waals surface area contributed by atoms with Gasteiger partial charge in [-0.15, -0.1) is 0 Å². The standard InChI is InChI=1S/C35H55BrO3/c1-5-6-7-8-9-10-11-12-13-14-15-16-17-18-19-20-21-29-26-30-23-25-32(37)39-35(30)33(34(29)38)28(4)31(36)24-22-27(2)3/h23-28,38H,5-22H2,1-4H3. The molecule has 0 aliphatic heterocycles. The summed E-state index contributed by atoms with van der Waals surface area (Å²) >= 11 is 3.73. The summed E-state index contributed by atoms with van der Waals surface area (Å²) < 4.78 is 6.61. The van der Waals surface area contributed by atoms with E-state index in [-0.39, 0.29) is 17.3 Å². The largest absolute Gasteiger partial charge is 0.507 e. The van der Waals surface area contributed by atoms with Crippen molar-refractivity contribution in [1.29, 1.82) is 0 Å². The molecule has 1 atom stereocenters. The molecule has 0 spiro atoms. The van der Waals surface area contributed by atoms with Crippen molar-refractivity contribution in [1.82, 2.24) is 0 Å². The highest BCUT2D eigenvalue weighted by Crippen LogP contribution is 2.41. The van der Waals surface area contributed by atoms with Crippen molar-refractivity contribution in [3.63, 3.8) is 0 Å². The van der Waals surface area contributed by atoms with Crippen LogP contribution in [0.25, 0.3) is 11.0 Å². The fourth-order valence-corrected chi connectivity index (χ4v) is 5.82. The van der Waals surface area contributed by atoms with Crippen molar-refractivity contribution >= 4 is 26.9 Å². The number of hydrogen-bond acceptors (Lipinski definition) is 3. The zero-order valence-corrected chi connectivity index (χ0v) is 26.9. The summed E-state index contributed by atoms with van der Waals surface area (Å²) in [6, 6.07) is 5.29. The Kier molecular flexibility index (Phi) is 16.8. The Labute approximate surface area is 247 Å². The molecule has 1 aromatic carbocycles. The maximum atomic E-state index is 12.0. The molecule has 0 radical (unpaired) electrons. The number of halogens is 1. The van der Waals surface area contributed by atoms with Crippen LogP contribution in [-0.2, 0) is 6.42 Å². The van der Waals surface area contributed by atoms with Gasteiger partial charge in [-0.05, 0) is 47.4 Å². The summed E-state index contributed by atoms with van der Waals surface area (Å²) in [6.07, 6.45) is 25.6. The molecule has 0 amide bonds. The van der Waals surface area contributed by atoms with Crippen LogP contribution in [0.2, 0.25) is 0 Å². The van der Waals surface area contributed by atoms with Crippen molar-refractivity contribution in [3.05, 3.63) is 50.3 Å². The van der Waals surface area contributed by atoms with Crippen LogP contribution >= 0.6 is 15.9 Å². The molecule has 1 aromatic heterocycles. The molecule has 0 saturated heterocycles. The lowest BCUT2D eigenvalue weighted by Gasteiger charge is -2.18. The minimum atomic E-state index is -0.386. The molecule has 0 aliphatic carbocycles. The van der Waals surface area contributed by atoms with Gasteiger partial charge in [-0.1, -0.05) is 146 Å². The Balaban J connectivity index is 1.77. The van der Waals surface area contributed by atoms with Crippen LogP contribution < -0.4 is 5.63 Å². The van der Waals surface area contributed by atoms with Crippen LogP contribution in [0.5, 0.6) is 5.75 Å². The van der Waals surface area contributed by atoms with Gasteiger partial charge in [0.05, 0.1) is 0 Å². The molecular formula is C35H55BrO3. The molecule has 1 heterocycles. The second-order valence-corrected chi connectivity index (χ2v) is 12.9. The van der Waals surface area contributed by atoms with Crippen LogP contribution in [0.4, 0.5) is 0 Å². The molecule has 0 saturated carbocycles. The van der Waals surface area contributed by atoms with Gasteiger partial charge in [0, 0.05) is 22.9 Å². The number of aryl methyl sites for hydroxylation is 1. The van der Waals surface area contributed by atoms with Crippen molar-refractivity contribution in [3.8, 4) is 5.75 Å². The van der Waals surface area contributed by atoms with E-state index in [1.54, 1.807) is 0 Å². The van der Waals surface area contributed by atoms with Crippen LogP contribution in [0, 0.1) is 5.92 Å². The smallest absolute Gasteiger partial charge is 0.336 e. The van der Waals surface area contributed by atoms with Crippen LogP contribution in [0.1, 0.15) is 154 Å². The second kappa shape index (κ2) is 19.5. The van der Waals surface area contributed by atoms with E-state index in [4.69, 9.17) is 4.42 Å². The first-order chi connectivity index (χ1) is 18.8. The number of benzene rings is 1. The maximum Gasteiger partial charge on any atom is 0.336 e. The Bertz CT molecular complexity index is 1040. The van der Waals surface area contributed by atoms with Crippen molar-refractivity contribution in [2.24, 2.45) is 5.92 Å². The zero-order chi connectivity index (χ0) is 28.5. The quantitative estimate of drug-likeness (QED) is 0.114. The van der Waals surface area contributed by atoms with Gasteiger partial charge in [-0.25, -0.2) is 4.79 Å². The number of phenolic OH excluding ortho intramolecular Hbond substituents is 1. The number of aromatic hydroxyl groups is 1. The van der Waals surface area contributed by atoms with Crippen LogP contribution in [0.15, 0.2) is 38.0 Å². The fraction of sp³-hybridized carbons (Fsp3) is 0.686. The summed E-state index contributed by atoms with van der Waals surface area (Å²) in [5.74, 6) is 0.733. The Morgan fingerprint density at radius 2 is 1.36 bits per heavy atom. The molecule has 3 nitrogen and oxygen atoms in total. The Hall–Kier alpha value is -1.55. The molecule has 0 fully saturated rings. The van der Waals surface area contributed by atoms with E-state index >= 15 is 0 Å². The minimum absolute atomic E-state index is 0.0949. The SMILES string of the molecule is CCCCCCCCCCCCCCCCCCc1cc2ccc(=O)oc2c(C(C)C(Br)=CCC(C)C)c1O. The van der Waals surface area contributed by atoms with Crippen LogP contribution in [0.3, 0.4) is 0 Å². The predicted molar refractivity (Wildman–Crippen MR) is 172 cm³/mol. The highest BCUT2D eigenvalue weighted by Gasteiger charge is 2.22.